The molecule has 6 heteroatoms. The number of carbonyl (C=O) groups is 1. The molecule has 0 bridgehead atoms. The van der Waals surface area contributed by atoms with Gasteiger partial charge in [0.2, 0.25) is 0 Å². The first-order valence-electron chi connectivity index (χ1n) is 8.70. The Hall–Kier alpha value is -2.47. The normalized spacial score (nSPS) is 17.4. The molecule has 1 aromatic heterocycles. The Balaban J connectivity index is 1.39. The summed E-state index contributed by atoms with van der Waals surface area (Å²) in [6, 6.07) is 11.7. The van der Waals surface area contributed by atoms with Gasteiger partial charge in [-0.2, -0.15) is 0 Å². The van der Waals surface area contributed by atoms with Gasteiger partial charge in [0.25, 0.3) is 5.91 Å². The van der Waals surface area contributed by atoms with Crippen LogP contribution in [0.3, 0.4) is 0 Å². The van der Waals surface area contributed by atoms with Crippen molar-refractivity contribution in [2.45, 2.75) is 12.8 Å². The Bertz CT molecular complexity index is 910. The predicted octanol–water partition coefficient (Wildman–Crippen LogP) is 4.37. The quantitative estimate of drug-likeness (QED) is 0.685. The van der Waals surface area contributed by atoms with Crippen molar-refractivity contribution in [3.05, 3.63) is 59.4 Å². The van der Waals surface area contributed by atoms with E-state index < -0.39 is 0 Å². The SMILES string of the molecule is O=C(c1ccc2scnc2c1)N1CCC[C@@H](COc2ccc(F)cc2)C1. The highest BCUT2D eigenvalue weighted by atomic mass is 32.1. The highest BCUT2D eigenvalue weighted by Crippen LogP contribution is 2.23. The highest BCUT2D eigenvalue weighted by Gasteiger charge is 2.25. The number of halogens is 1. The van der Waals surface area contributed by atoms with E-state index in [9.17, 15) is 9.18 Å². The van der Waals surface area contributed by atoms with Crippen LogP contribution in [-0.2, 0) is 0 Å². The number of hydrogen-bond acceptors (Lipinski definition) is 4. The number of fused-ring (bicyclic) bond motifs is 1. The minimum atomic E-state index is -0.274. The van der Waals surface area contributed by atoms with Crippen molar-refractivity contribution < 1.29 is 13.9 Å². The first-order valence-corrected chi connectivity index (χ1v) is 9.58. The zero-order valence-electron chi connectivity index (χ0n) is 14.2. The maximum absolute atomic E-state index is 13.0. The summed E-state index contributed by atoms with van der Waals surface area (Å²) in [5.41, 5.74) is 3.35. The Labute approximate surface area is 155 Å². The number of hydrogen-bond donors (Lipinski definition) is 0. The first kappa shape index (κ1) is 17.0. The van der Waals surface area contributed by atoms with E-state index in [-0.39, 0.29) is 17.6 Å². The molecule has 4 rings (SSSR count). The van der Waals surface area contributed by atoms with Gasteiger partial charge in [0, 0.05) is 24.6 Å². The van der Waals surface area contributed by atoms with Crippen LogP contribution in [0.1, 0.15) is 23.2 Å². The fourth-order valence-electron chi connectivity index (χ4n) is 3.30. The number of rotatable bonds is 4. The van der Waals surface area contributed by atoms with Gasteiger partial charge in [-0.1, -0.05) is 0 Å². The van der Waals surface area contributed by atoms with Crippen LogP contribution in [0, 0.1) is 11.7 Å². The number of thiazole rings is 1. The molecule has 0 unspecified atom stereocenters. The molecule has 0 radical (unpaired) electrons. The van der Waals surface area contributed by atoms with Gasteiger partial charge < -0.3 is 9.64 Å². The summed E-state index contributed by atoms with van der Waals surface area (Å²) in [5.74, 6) is 0.708. The summed E-state index contributed by atoms with van der Waals surface area (Å²) >= 11 is 1.57. The van der Waals surface area contributed by atoms with Gasteiger partial charge in [-0.3, -0.25) is 4.79 Å². The van der Waals surface area contributed by atoms with E-state index in [1.807, 2.05) is 23.1 Å². The second-order valence-electron chi connectivity index (χ2n) is 6.56. The molecule has 1 saturated heterocycles. The van der Waals surface area contributed by atoms with E-state index in [1.165, 1.54) is 12.1 Å². The Kier molecular flexibility index (Phi) is 4.84. The molecule has 2 aromatic carbocycles. The molecule has 1 aliphatic heterocycles. The molecule has 2 heterocycles. The van der Waals surface area contributed by atoms with Gasteiger partial charge >= 0.3 is 0 Å². The van der Waals surface area contributed by atoms with E-state index in [2.05, 4.69) is 4.98 Å². The van der Waals surface area contributed by atoms with Crippen LogP contribution in [0.15, 0.2) is 48.0 Å². The monoisotopic (exact) mass is 370 g/mol. The van der Waals surface area contributed by atoms with E-state index in [0.717, 1.165) is 29.6 Å². The van der Waals surface area contributed by atoms with Gasteiger partial charge in [-0.15, -0.1) is 11.3 Å². The highest BCUT2D eigenvalue weighted by molar-refractivity contribution is 7.16. The Morgan fingerprint density at radius 1 is 1.27 bits per heavy atom. The summed E-state index contributed by atoms with van der Waals surface area (Å²) in [6.07, 6.45) is 1.98. The van der Waals surface area contributed by atoms with Crippen molar-refractivity contribution in [1.29, 1.82) is 0 Å². The largest absolute Gasteiger partial charge is 0.493 e. The number of piperidine rings is 1. The Morgan fingerprint density at radius 2 is 2.12 bits per heavy atom. The number of likely N-dealkylation sites (tertiary alicyclic amines) is 1. The molecule has 1 fully saturated rings. The van der Waals surface area contributed by atoms with Gasteiger partial charge in [0.1, 0.15) is 11.6 Å². The van der Waals surface area contributed by atoms with Crippen LogP contribution >= 0.6 is 11.3 Å². The summed E-state index contributed by atoms with van der Waals surface area (Å²) in [7, 11) is 0. The molecular weight excluding hydrogens is 351 g/mol. The average molecular weight is 370 g/mol. The predicted molar refractivity (Wildman–Crippen MR) is 100 cm³/mol. The summed E-state index contributed by atoms with van der Waals surface area (Å²) in [4.78, 5) is 19.0. The fourth-order valence-corrected chi connectivity index (χ4v) is 3.96. The van der Waals surface area contributed by atoms with Crippen molar-refractivity contribution >= 4 is 27.5 Å². The van der Waals surface area contributed by atoms with Crippen LogP contribution in [-0.4, -0.2) is 35.5 Å². The van der Waals surface area contributed by atoms with E-state index in [0.29, 0.717) is 24.5 Å². The molecule has 0 N–H and O–H groups in total. The van der Waals surface area contributed by atoms with Gasteiger partial charge in [-0.25, -0.2) is 9.37 Å². The zero-order valence-corrected chi connectivity index (χ0v) is 15.0. The number of benzene rings is 2. The van der Waals surface area contributed by atoms with Crippen molar-refractivity contribution in [3.8, 4) is 5.75 Å². The van der Waals surface area contributed by atoms with Crippen LogP contribution < -0.4 is 4.74 Å². The maximum Gasteiger partial charge on any atom is 0.253 e. The first-order chi connectivity index (χ1) is 12.7. The van der Waals surface area contributed by atoms with Crippen LogP contribution in [0.4, 0.5) is 4.39 Å². The fraction of sp³-hybridized carbons (Fsp3) is 0.300. The minimum absolute atomic E-state index is 0.0476. The van der Waals surface area contributed by atoms with Gasteiger partial charge in [-0.05, 0) is 55.3 Å². The number of carbonyl (C=O) groups excluding carboxylic acids is 1. The minimum Gasteiger partial charge on any atom is -0.493 e. The van der Waals surface area contributed by atoms with Crippen molar-refractivity contribution in [2.24, 2.45) is 5.92 Å². The van der Waals surface area contributed by atoms with E-state index >= 15 is 0 Å². The standard InChI is InChI=1S/C20H19FN2O2S/c21-16-4-6-17(7-5-16)25-12-14-2-1-9-23(11-14)20(24)15-3-8-19-18(10-15)22-13-26-19/h3-8,10,13-14H,1-2,9,11-12H2/t14-/m1/s1. The molecule has 0 saturated carbocycles. The molecule has 3 aromatic rings. The summed E-state index contributed by atoms with van der Waals surface area (Å²) in [6.45, 7) is 1.97. The third-order valence-electron chi connectivity index (χ3n) is 4.68. The van der Waals surface area contributed by atoms with E-state index in [4.69, 9.17) is 4.74 Å². The van der Waals surface area contributed by atoms with Crippen molar-refractivity contribution in [3.63, 3.8) is 0 Å². The second-order valence-corrected chi connectivity index (χ2v) is 7.45. The topological polar surface area (TPSA) is 42.4 Å². The van der Waals surface area contributed by atoms with Crippen LogP contribution in [0.2, 0.25) is 0 Å². The van der Waals surface area contributed by atoms with Crippen LogP contribution in [0.5, 0.6) is 5.75 Å². The number of nitrogens with zero attached hydrogens (tertiary/aromatic N) is 2. The molecule has 1 atom stereocenters. The summed E-state index contributed by atoms with van der Waals surface area (Å²) < 4.78 is 19.8. The second kappa shape index (κ2) is 7.41. The van der Waals surface area contributed by atoms with Gasteiger partial charge in [0.05, 0.1) is 22.3 Å². The lowest BCUT2D eigenvalue weighted by molar-refractivity contribution is 0.0633. The Morgan fingerprint density at radius 3 is 2.96 bits per heavy atom. The molecule has 1 aliphatic rings. The lowest BCUT2D eigenvalue weighted by atomic mass is 9.98. The average Bonchev–Trinajstić information content (AvgIpc) is 3.15. The molecule has 4 nitrogen and oxygen atoms in total. The molecular formula is C20H19FN2O2S. The van der Waals surface area contributed by atoms with Crippen LogP contribution in [0.25, 0.3) is 10.2 Å². The van der Waals surface area contributed by atoms with Crippen molar-refractivity contribution in [1.82, 2.24) is 9.88 Å². The molecule has 26 heavy (non-hydrogen) atoms. The van der Waals surface area contributed by atoms with E-state index in [1.54, 1.807) is 29.0 Å². The molecule has 1 amide bonds. The van der Waals surface area contributed by atoms with Gasteiger partial charge in [0.15, 0.2) is 0 Å². The maximum atomic E-state index is 13.0. The van der Waals surface area contributed by atoms with Crippen molar-refractivity contribution in [2.75, 3.05) is 19.7 Å². The molecule has 134 valence electrons. The summed E-state index contributed by atoms with van der Waals surface area (Å²) in [5, 5.41) is 0. The number of aromatic nitrogens is 1. The number of ether oxygens (including phenoxy) is 1. The smallest absolute Gasteiger partial charge is 0.253 e. The third-order valence-corrected chi connectivity index (χ3v) is 5.49. The molecule has 0 spiro atoms. The third kappa shape index (κ3) is 3.70. The number of amides is 1. The zero-order chi connectivity index (χ0) is 17.9. The lowest BCUT2D eigenvalue weighted by Gasteiger charge is -2.32. The lowest BCUT2D eigenvalue weighted by Crippen LogP contribution is -2.41. The molecule has 0 aliphatic carbocycles.